The van der Waals surface area contributed by atoms with E-state index >= 15 is 0 Å². The van der Waals surface area contributed by atoms with E-state index in [1.807, 2.05) is 6.92 Å². The van der Waals surface area contributed by atoms with E-state index in [9.17, 15) is 71.5 Å². The van der Waals surface area contributed by atoms with Crippen LogP contribution in [-0.2, 0) is 37.9 Å². The van der Waals surface area contributed by atoms with E-state index in [1.54, 1.807) is 0 Å². The Morgan fingerprint density at radius 3 is 1.74 bits per heavy atom. The minimum atomic E-state index is -2.02. The van der Waals surface area contributed by atoms with E-state index in [2.05, 4.69) is 46.8 Å². The Morgan fingerprint density at radius 2 is 1.11 bits per heavy atom. The Bertz CT molecular complexity index is 2110. The molecule has 9 rings (SSSR count). The third kappa shape index (κ3) is 9.34. The summed E-state index contributed by atoms with van der Waals surface area (Å²) in [6.07, 6.45) is -24.7. The Morgan fingerprint density at radius 1 is 0.539 bits per heavy atom. The van der Waals surface area contributed by atoms with Gasteiger partial charge in [-0.2, -0.15) is 0 Å². The maximum atomic E-state index is 12.2. The average molecular weight is 1090 g/mol. The van der Waals surface area contributed by atoms with Gasteiger partial charge in [0, 0.05) is 16.2 Å². The van der Waals surface area contributed by atoms with Crippen molar-refractivity contribution in [3.8, 4) is 0 Å². The Hall–Kier alpha value is -1.40. The first-order chi connectivity index (χ1) is 35.6. The van der Waals surface area contributed by atoms with Crippen molar-refractivity contribution in [1.82, 2.24) is 0 Å². The molecule has 22 nitrogen and oxygen atoms in total. The lowest BCUT2D eigenvalue weighted by Gasteiger charge is -2.70. The van der Waals surface area contributed by atoms with Crippen molar-refractivity contribution in [2.75, 3.05) is 26.4 Å². The second kappa shape index (κ2) is 21.4. The maximum Gasteiger partial charge on any atom is 0.187 e. The summed E-state index contributed by atoms with van der Waals surface area (Å²) < 4.78 is 49.2. The van der Waals surface area contributed by atoms with E-state index < -0.39 is 170 Å². The molecule has 3 saturated carbocycles. The minimum Gasteiger partial charge on any atom is -0.396 e. The lowest BCUT2D eigenvalue weighted by molar-refractivity contribution is -0.402. The predicted molar refractivity (Wildman–Crippen MR) is 263 cm³/mol. The molecule has 436 valence electrons. The number of hydrogen-bond donors (Lipinski definition) is 14. The Kier molecular flexibility index (Phi) is 16.7. The summed E-state index contributed by atoms with van der Waals surface area (Å²) >= 11 is 0. The zero-order chi connectivity index (χ0) is 55.6. The van der Waals surface area contributed by atoms with Crippen molar-refractivity contribution in [2.45, 2.75) is 242 Å². The van der Waals surface area contributed by atoms with Crippen LogP contribution in [0.25, 0.3) is 0 Å². The molecule has 0 aromatic rings. The van der Waals surface area contributed by atoms with Gasteiger partial charge in [-0.15, -0.1) is 0 Å². The summed E-state index contributed by atoms with van der Waals surface area (Å²) in [5.74, 6) is -0.152. The minimum absolute atomic E-state index is 0.000158. The maximum absolute atomic E-state index is 12.2. The molecule has 22 heteroatoms. The first kappa shape index (κ1) is 59.2. The van der Waals surface area contributed by atoms with Gasteiger partial charge in [0.05, 0.1) is 50.8 Å². The van der Waals surface area contributed by atoms with E-state index in [4.69, 9.17) is 37.9 Å². The summed E-state index contributed by atoms with van der Waals surface area (Å²) in [5.41, 5.74) is -0.424. The smallest absolute Gasteiger partial charge is 0.187 e. The SMILES string of the molecule is C[C@@H]1O[C@@H](O[C@H]2[C@H](O)[C@@H](O)[C@H](O[C@H]3[C@@H](O)[C@@H](C)O[C@@H](O[C@H]4CC[C@@]5(C)[C@@H](CC[C@]6(C)[C@@H]5C=CC5=C7CC(C)(C)CC[C@]7(CO)[C@@H](O)C[C@]56C)[C@@]4(C)CO)[C@@H]3OC3O[C@H](CO)C(O)C(O)C3O)O[C@@H]2CO)[C@H](O)[C@H](O)[C@H]1O. The van der Waals surface area contributed by atoms with Crippen LogP contribution >= 0.6 is 0 Å². The molecular weight excluding hydrogens is 1000 g/mol. The fraction of sp³-hybridized carbons (Fsp3) is 0.926. The molecule has 5 aliphatic carbocycles. The zero-order valence-corrected chi connectivity index (χ0v) is 45.0. The monoisotopic (exact) mass is 1090 g/mol. The second-order valence-corrected chi connectivity index (χ2v) is 25.9. The topological polar surface area (TPSA) is 357 Å². The molecule has 29 atom stereocenters. The van der Waals surface area contributed by atoms with Crippen LogP contribution in [0.15, 0.2) is 23.3 Å². The van der Waals surface area contributed by atoms with E-state index in [0.29, 0.717) is 32.1 Å². The highest BCUT2D eigenvalue weighted by Gasteiger charge is 2.69. The highest BCUT2D eigenvalue weighted by molar-refractivity contribution is 5.47. The highest BCUT2D eigenvalue weighted by Crippen LogP contribution is 2.74. The molecule has 0 bridgehead atoms. The normalized spacial score (nSPS) is 55.3. The van der Waals surface area contributed by atoms with Crippen LogP contribution < -0.4 is 0 Å². The lowest BCUT2D eigenvalue weighted by Crippen LogP contribution is -2.68. The van der Waals surface area contributed by atoms with Gasteiger partial charge in [-0.3, -0.25) is 0 Å². The van der Waals surface area contributed by atoms with Gasteiger partial charge in [-0.25, -0.2) is 0 Å². The number of aliphatic hydroxyl groups is 14. The molecule has 4 heterocycles. The van der Waals surface area contributed by atoms with Crippen LogP contribution in [0.4, 0.5) is 0 Å². The third-order valence-corrected chi connectivity index (χ3v) is 21.0. The molecule has 0 radical (unpaired) electrons. The van der Waals surface area contributed by atoms with Gasteiger partial charge < -0.3 is 109 Å². The molecule has 9 aliphatic rings. The van der Waals surface area contributed by atoms with E-state index in [0.717, 1.165) is 19.3 Å². The molecule has 0 amide bonds. The lowest BCUT2D eigenvalue weighted by atomic mass is 9.35. The van der Waals surface area contributed by atoms with Crippen molar-refractivity contribution in [3.05, 3.63) is 23.3 Å². The summed E-state index contributed by atoms with van der Waals surface area (Å²) in [4.78, 5) is 0. The summed E-state index contributed by atoms with van der Waals surface area (Å²) in [7, 11) is 0. The van der Waals surface area contributed by atoms with Gasteiger partial charge in [-0.1, -0.05) is 59.3 Å². The molecule has 0 aromatic heterocycles. The van der Waals surface area contributed by atoms with Gasteiger partial charge >= 0.3 is 0 Å². The van der Waals surface area contributed by atoms with Crippen molar-refractivity contribution < 1.29 is 109 Å². The fourth-order valence-corrected chi connectivity index (χ4v) is 15.9. The third-order valence-electron chi connectivity index (χ3n) is 21.0. The fourth-order valence-electron chi connectivity index (χ4n) is 15.9. The molecule has 76 heavy (non-hydrogen) atoms. The largest absolute Gasteiger partial charge is 0.396 e. The first-order valence-electron chi connectivity index (χ1n) is 27.5. The average Bonchev–Trinajstić information content (AvgIpc) is 3.57. The number of aliphatic hydroxyl groups excluding tert-OH is 14. The standard InChI is InChI=1S/C54H88O22/c1-23-33(60)36(63)39(66)45(69-23)74-42-28(20-56)72-47(41(68)38(42)65)75-43-34(61)24(2)70-48(44(43)76-46-40(67)37(64)35(62)27(19-55)71-46)73-32-12-13-50(5)29(51(32,6)21-57)11-14-52(7)30(50)10-9-25-26-17-49(3,4)15-16-54(26,22-58)31(59)18-53(25,52)8/h9-10,23-24,27-48,55-68H,11-22H2,1-8H3/t23-,24+,27+,28+,29+,30+,31-,32-,33-,34-,35?,36+,37?,38+,39+,40?,41+,42+,43-,44+,45-,46?,47-,48-,50-,51+,52+,53+,54+/m0/s1. The van der Waals surface area contributed by atoms with Gasteiger partial charge in [0.1, 0.15) is 85.5 Å². The molecule has 4 aliphatic heterocycles. The van der Waals surface area contributed by atoms with Crippen molar-refractivity contribution >= 4 is 0 Å². The highest BCUT2D eigenvalue weighted by atomic mass is 16.8. The molecule has 4 saturated heterocycles. The van der Waals surface area contributed by atoms with Crippen LogP contribution in [0.1, 0.15) is 107 Å². The number of allylic oxidation sites excluding steroid dienone is 3. The van der Waals surface area contributed by atoms with E-state index in [1.165, 1.54) is 25.0 Å². The van der Waals surface area contributed by atoms with Gasteiger partial charge in [-0.05, 0) is 98.9 Å². The molecule has 7 fully saturated rings. The first-order valence-corrected chi connectivity index (χ1v) is 27.5. The predicted octanol–water partition coefficient (Wildman–Crippen LogP) is -1.64. The van der Waals surface area contributed by atoms with E-state index in [-0.39, 0.29) is 35.9 Å². The second-order valence-electron chi connectivity index (χ2n) is 25.9. The summed E-state index contributed by atoms with van der Waals surface area (Å²) in [6, 6.07) is 0. The number of hydrogen-bond acceptors (Lipinski definition) is 22. The Balaban J connectivity index is 1.01. The molecular formula is C54H88O22. The number of fused-ring (bicyclic) bond motifs is 6. The van der Waals surface area contributed by atoms with Gasteiger partial charge in [0.25, 0.3) is 0 Å². The zero-order valence-electron chi connectivity index (χ0n) is 45.0. The van der Waals surface area contributed by atoms with Crippen LogP contribution in [-0.4, -0.2) is 233 Å². The van der Waals surface area contributed by atoms with Crippen molar-refractivity contribution in [3.63, 3.8) is 0 Å². The van der Waals surface area contributed by atoms with Crippen molar-refractivity contribution in [1.29, 1.82) is 0 Å². The summed E-state index contributed by atoms with van der Waals surface area (Å²) in [5, 5.41) is 155. The number of ether oxygens (including phenoxy) is 8. The van der Waals surface area contributed by atoms with Gasteiger partial charge in [0.15, 0.2) is 25.2 Å². The molecule has 0 spiro atoms. The molecule has 0 aromatic carbocycles. The molecule has 4 unspecified atom stereocenters. The molecule has 14 N–H and O–H groups in total. The Labute approximate surface area is 444 Å². The van der Waals surface area contributed by atoms with Crippen LogP contribution in [0.3, 0.4) is 0 Å². The summed E-state index contributed by atoms with van der Waals surface area (Å²) in [6.45, 7) is 14.2. The quantitative estimate of drug-likeness (QED) is 0.0975. The van der Waals surface area contributed by atoms with Gasteiger partial charge in [0.2, 0.25) is 0 Å². The van der Waals surface area contributed by atoms with Crippen LogP contribution in [0.2, 0.25) is 0 Å². The number of rotatable bonds is 12. The van der Waals surface area contributed by atoms with Crippen LogP contribution in [0, 0.1) is 44.3 Å². The van der Waals surface area contributed by atoms with Crippen molar-refractivity contribution in [2.24, 2.45) is 44.3 Å². The van der Waals surface area contributed by atoms with Crippen LogP contribution in [0.5, 0.6) is 0 Å².